The Morgan fingerprint density at radius 2 is 2.17 bits per heavy atom. The molecule has 1 aromatic rings. The number of methoxy groups -OCH3 is 1. The van der Waals surface area contributed by atoms with E-state index in [0.29, 0.717) is 12.7 Å². The van der Waals surface area contributed by atoms with Crippen molar-refractivity contribution in [3.05, 3.63) is 29.8 Å². The van der Waals surface area contributed by atoms with Crippen LogP contribution in [0.1, 0.15) is 12.0 Å². The third-order valence-electron chi connectivity index (χ3n) is 3.20. The summed E-state index contributed by atoms with van der Waals surface area (Å²) < 4.78 is 10.7. The van der Waals surface area contributed by atoms with E-state index in [2.05, 4.69) is 23.0 Å². The molecule has 1 atom stereocenters. The molecule has 96 valence electrons. The van der Waals surface area contributed by atoms with Crippen molar-refractivity contribution >= 4 is 0 Å². The number of rotatable bonds is 5. The van der Waals surface area contributed by atoms with Crippen LogP contribution in [0.25, 0.3) is 0 Å². The van der Waals surface area contributed by atoms with Crippen LogP contribution >= 0.6 is 0 Å². The van der Waals surface area contributed by atoms with Crippen LogP contribution in [0.3, 0.4) is 0 Å². The molecule has 1 heterocycles. The Morgan fingerprint density at radius 3 is 2.83 bits per heavy atom. The van der Waals surface area contributed by atoms with E-state index in [-0.39, 0.29) is 0 Å². The molecule has 0 N–H and O–H groups in total. The van der Waals surface area contributed by atoms with Crippen molar-refractivity contribution in [3.63, 3.8) is 0 Å². The fourth-order valence-electron chi connectivity index (χ4n) is 2.23. The molecule has 0 spiro atoms. The highest BCUT2D eigenvalue weighted by molar-refractivity contribution is 5.27. The number of benzene rings is 1. The van der Waals surface area contributed by atoms with Crippen molar-refractivity contribution in [1.29, 1.82) is 0 Å². The summed E-state index contributed by atoms with van der Waals surface area (Å²) in [4.78, 5) is 2.39. The largest absolute Gasteiger partial charge is 0.497 e. The first-order chi connectivity index (χ1) is 8.81. The molecule has 3 heteroatoms. The zero-order valence-corrected chi connectivity index (χ0v) is 10.8. The smallest absolute Gasteiger partial charge is 0.118 e. The van der Waals surface area contributed by atoms with Crippen LogP contribution in [-0.2, 0) is 11.3 Å². The summed E-state index contributed by atoms with van der Waals surface area (Å²) in [5.41, 5.74) is 1.30. The van der Waals surface area contributed by atoms with E-state index in [1.54, 1.807) is 7.11 Å². The molecule has 1 aliphatic heterocycles. The van der Waals surface area contributed by atoms with Gasteiger partial charge in [-0.2, -0.15) is 0 Å². The van der Waals surface area contributed by atoms with Gasteiger partial charge in [-0.15, -0.1) is 6.42 Å². The fraction of sp³-hybridized carbons (Fsp3) is 0.467. The summed E-state index contributed by atoms with van der Waals surface area (Å²) in [7, 11) is 1.68. The molecule has 18 heavy (non-hydrogen) atoms. The summed E-state index contributed by atoms with van der Waals surface area (Å²) in [6.45, 7) is 3.41. The molecule has 0 saturated carbocycles. The van der Waals surface area contributed by atoms with Crippen LogP contribution in [0.15, 0.2) is 24.3 Å². The van der Waals surface area contributed by atoms with Crippen molar-refractivity contribution in [2.45, 2.75) is 19.1 Å². The highest BCUT2D eigenvalue weighted by atomic mass is 16.5. The summed E-state index contributed by atoms with van der Waals surface area (Å²) in [5.74, 6) is 3.42. The first-order valence-electron chi connectivity index (χ1n) is 6.22. The molecule has 1 unspecified atom stereocenters. The molecular formula is C15H19NO2. The summed E-state index contributed by atoms with van der Waals surface area (Å²) in [5, 5.41) is 0. The van der Waals surface area contributed by atoms with E-state index in [1.807, 2.05) is 12.1 Å². The lowest BCUT2D eigenvalue weighted by Gasteiger charge is -2.16. The molecule has 1 aliphatic rings. The Morgan fingerprint density at radius 1 is 1.39 bits per heavy atom. The maximum Gasteiger partial charge on any atom is 0.118 e. The molecule has 1 saturated heterocycles. The first kappa shape index (κ1) is 12.9. The van der Waals surface area contributed by atoms with Crippen LogP contribution in [0, 0.1) is 12.3 Å². The normalized spacial score (nSPS) is 19.7. The van der Waals surface area contributed by atoms with E-state index < -0.39 is 0 Å². The van der Waals surface area contributed by atoms with Gasteiger partial charge in [0, 0.05) is 19.6 Å². The molecule has 0 radical (unpaired) electrons. The van der Waals surface area contributed by atoms with Crippen molar-refractivity contribution in [3.8, 4) is 18.1 Å². The Hall–Kier alpha value is -1.50. The molecule has 3 nitrogen and oxygen atoms in total. The van der Waals surface area contributed by atoms with Crippen LogP contribution in [0.2, 0.25) is 0 Å². The molecule has 2 rings (SSSR count). The number of terminal acetylenes is 1. The minimum atomic E-state index is 0.291. The second-order valence-electron chi connectivity index (χ2n) is 4.51. The number of hydrogen-bond donors (Lipinski definition) is 0. The average Bonchev–Trinajstić information content (AvgIpc) is 2.85. The van der Waals surface area contributed by atoms with Gasteiger partial charge in [0.1, 0.15) is 12.4 Å². The number of ether oxygens (including phenoxy) is 2. The summed E-state index contributed by atoms with van der Waals surface area (Å²) >= 11 is 0. The van der Waals surface area contributed by atoms with Gasteiger partial charge in [-0.25, -0.2) is 0 Å². The van der Waals surface area contributed by atoms with Gasteiger partial charge in [0.05, 0.1) is 13.2 Å². The SMILES string of the molecule is C#CCOC1CCN(Cc2ccc(OC)cc2)C1. The van der Waals surface area contributed by atoms with Crippen LogP contribution in [-0.4, -0.2) is 37.8 Å². The van der Waals surface area contributed by atoms with Gasteiger partial charge in [-0.05, 0) is 24.1 Å². The van der Waals surface area contributed by atoms with Crippen molar-refractivity contribution in [2.24, 2.45) is 0 Å². The first-order valence-corrected chi connectivity index (χ1v) is 6.22. The van der Waals surface area contributed by atoms with E-state index in [0.717, 1.165) is 31.8 Å². The van der Waals surface area contributed by atoms with Gasteiger partial charge in [0.15, 0.2) is 0 Å². The Bertz CT molecular complexity index is 407. The van der Waals surface area contributed by atoms with Crippen molar-refractivity contribution in [1.82, 2.24) is 4.90 Å². The van der Waals surface area contributed by atoms with E-state index in [1.165, 1.54) is 5.56 Å². The van der Waals surface area contributed by atoms with Gasteiger partial charge >= 0.3 is 0 Å². The zero-order valence-electron chi connectivity index (χ0n) is 10.8. The third-order valence-corrected chi connectivity index (χ3v) is 3.20. The van der Waals surface area contributed by atoms with E-state index in [9.17, 15) is 0 Å². The predicted molar refractivity (Wildman–Crippen MR) is 71.5 cm³/mol. The lowest BCUT2D eigenvalue weighted by molar-refractivity contribution is 0.0831. The molecule has 0 aromatic heterocycles. The van der Waals surface area contributed by atoms with Gasteiger partial charge < -0.3 is 9.47 Å². The van der Waals surface area contributed by atoms with Gasteiger partial charge in [0.2, 0.25) is 0 Å². The lowest BCUT2D eigenvalue weighted by Crippen LogP contribution is -2.23. The number of hydrogen-bond acceptors (Lipinski definition) is 3. The second kappa shape index (κ2) is 6.44. The third kappa shape index (κ3) is 3.49. The minimum absolute atomic E-state index is 0.291. The lowest BCUT2D eigenvalue weighted by atomic mass is 10.2. The molecule has 0 bridgehead atoms. The molecule has 0 amide bonds. The van der Waals surface area contributed by atoms with E-state index in [4.69, 9.17) is 15.9 Å². The van der Waals surface area contributed by atoms with Gasteiger partial charge in [-0.1, -0.05) is 18.1 Å². The number of likely N-dealkylation sites (tertiary alicyclic amines) is 1. The van der Waals surface area contributed by atoms with Crippen molar-refractivity contribution < 1.29 is 9.47 Å². The summed E-state index contributed by atoms with van der Waals surface area (Å²) in [6, 6.07) is 8.21. The van der Waals surface area contributed by atoms with E-state index >= 15 is 0 Å². The maximum atomic E-state index is 5.56. The van der Waals surface area contributed by atoms with Crippen LogP contribution in [0.4, 0.5) is 0 Å². The zero-order chi connectivity index (χ0) is 12.8. The maximum absolute atomic E-state index is 5.56. The Balaban J connectivity index is 1.81. The monoisotopic (exact) mass is 245 g/mol. The highest BCUT2D eigenvalue weighted by Gasteiger charge is 2.22. The molecular weight excluding hydrogens is 226 g/mol. The molecule has 1 aromatic carbocycles. The minimum Gasteiger partial charge on any atom is -0.497 e. The number of nitrogens with zero attached hydrogens (tertiary/aromatic N) is 1. The van der Waals surface area contributed by atoms with Crippen molar-refractivity contribution in [2.75, 3.05) is 26.8 Å². The average molecular weight is 245 g/mol. The summed E-state index contributed by atoms with van der Waals surface area (Å²) in [6.07, 6.45) is 6.55. The van der Waals surface area contributed by atoms with Gasteiger partial charge in [-0.3, -0.25) is 4.90 Å². The Labute approximate surface area is 109 Å². The second-order valence-corrected chi connectivity index (χ2v) is 4.51. The van der Waals surface area contributed by atoms with Crippen LogP contribution < -0.4 is 4.74 Å². The topological polar surface area (TPSA) is 21.7 Å². The standard InChI is InChI=1S/C15H19NO2/c1-3-10-18-15-8-9-16(12-15)11-13-4-6-14(17-2)7-5-13/h1,4-7,15H,8-12H2,2H3. The quantitative estimate of drug-likeness (QED) is 0.740. The van der Waals surface area contributed by atoms with Crippen LogP contribution in [0.5, 0.6) is 5.75 Å². The molecule has 0 aliphatic carbocycles. The molecule has 1 fully saturated rings. The Kier molecular flexibility index (Phi) is 4.63. The highest BCUT2D eigenvalue weighted by Crippen LogP contribution is 2.17. The fourth-order valence-corrected chi connectivity index (χ4v) is 2.23. The van der Waals surface area contributed by atoms with Gasteiger partial charge in [0.25, 0.3) is 0 Å². The predicted octanol–water partition coefficient (Wildman–Crippen LogP) is 1.92.